The largest absolute Gasteiger partial charge is 0.464 e. The van der Waals surface area contributed by atoms with Gasteiger partial charge in [-0.15, -0.1) is 0 Å². The number of carbonyl (C=O) groups excluding carboxylic acids is 1. The molecule has 2 N–H and O–H groups in total. The monoisotopic (exact) mass is 383 g/mol. The van der Waals surface area contributed by atoms with Gasteiger partial charge in [-0.2, -0.15) is 9.97 Å². The quantitative estimate of drug-likeness (QED) is 0.495. The van der Waals surface area contributed by atoms with Gasteiger partial charge in [-0.25, -0.2) is 9.37 Å². The molecule has 0 spiro atoms. The molecule has 0 aliphatic carbocycles. The third-order valence-electron chi connectivity index (χ3n) is 3.85. The second-order valence-electron chi connectivity index (χ2n) is 5.75. The summed E-state index contributed by atoms with van der Waals surface area (Å²) >= 11 is 0. The van der Waals surface area contributed by atoms with Crippen molar-refractivity contribution in [2.24, 2.45) is 0 Å². The number of hydrogen-bond acceptors (Lipinski definition) is 9. The van der Waals surface area contributed by atoms with Crippen LogP contribution in [0.2, 0.25) is 0 Å². The lowest BCUT2D eigenvalue weighted by atomic mass is 10.2. The Morgan fingerprint density at radius 1 is 1.29 bits per heavy atom. The predicted octanol–water partition coefficient (Wildman–Crippen LogP) is 1.86. The van der Waals surface area contributed by atoms with E-state index < -0.39 is 5.82 Å². The van der Waals surface area contributed by atoms with Crippen LogP contribution >= 0.6 is 0 Å². The van der Waals surface area contributed by atoms with Gasteiger partial charge in [-0.05, 0) is 13.0 Å². The SMILES string of the molecule is CCOc1nc(N)c2nc(-c3cncc(F)c3)n(Cc3cc(C=O)no3)c2n1. The lowest BCUT2D eigenvalue weighted by Crippen LogP contribution is -2.06. The molecule has 10 nitrogen and oxygen atoms in total. The number of hydrogen-bond donors (Lipinski definition) is 1. The van der Waals surface area contributed by atoms with Crippen LogP contribution in [0.15, 0.2) is 29.0 Å². The first kappa shape index (κ1) is 17.5. The van der Waals surface area contributed by atoms with Crippen molar-refractivity contribution in [2.45, 2.75) is 13.5 Å². The van der Waals surface area contributed by atoms with E-state index in [4.69, 9.17) is 15.0 Å². The Hall–Kier alpha value is -3.89. The van der Waals surface area contributed by atoms with Crippen molar-refractivity contribution < 1.29 is 18.4 Å². The van der Waals surface area contributed by atoms with Gasteiger partial charge < -0.3 is 19.6 Å². The van der Waals surface area contributed by atoms with Gasteiger partial charge in [0, 0.05) is 17.8 Å². The van der Waals surface area contributed by atoms with E-state index in [1.54, 1.807) is 11.5 Å². The number of aldehydes is 1. The predicted molar refractivity (Wildman–Crippen MR) is 95.1 cm³/mol. The molecule has 0 amide bonds. The van der Waals surface area contributed by atoms with E-state index in [-0.39, 0.29) is 24.1 Å². The Morgan fingerprint density at radius 2 is 2.14 bits per heavy atom. The summed E-state index contributed by atoms with van der Waals surface area (Å²) < 4.78 is 25.9. The minimum atomic E-state index is -0.520. The molecule has 0 aliphatic heterocycles. The molecular formula is C17H14FN7O3. The third kappa shape index (κ3) is 3.13. The first-order valence-electron chi connectivity index (χ1n) is 8.27. The lowest BCUT2D eigenvalue weighted by Gasteiger charge is -2.07. The standard InChI is InChI=1S/C17H14FN7O3/c1-2-27-17-22-14(19)13-16(23-17)25(7-12-4-11(8-26)24-28-12)15(21-13)9-3-10(18)6-20-5-9/h3-6,8H,2,7H2,1H3,(H2,19,22,23). The lowest BCUT2D eigenvalue weighted by molar-refractivity contribution is 0.111. The van der Waals surface area contributed by atoms with E-state index >= 15 is 0 Å². The highest BCUT2D eigenvalue weighted by molar-refractivity contribution is 5.85. The van der Waals surface area contributed by atoms with Crippen LogP contribution in [0.1, 0.15) is 23.2 Å². The normalized spacial score (nSPS) is 11.1. The molecule has 11 heteroatoms. The van der Waals surface area contributed by atoms with Gasteiger partial charge in [0.2, 0.25) is 0 Å². The maximum absolute atomic E-state index is 13.7. The van der Waals surface area contributed by atoms with Gasteiger partial charge in [-0.1, -0.05) is 5.16 Å². The molecule has 4 aromatic rings. The third-order valence-corrected chi connectivity index (χ3v) is 3.85. The Kier molecular flexibility index (Phi) is 4.39. The molecule has 0 radical (unpaired) electrons. The van der Waals surface area contributed by atoms with E-state index in [9.17, 15) is 9.18 Å². The zero-order valence-corrected chi connectivity index (χ0v) is 14.7. The van der Waals surface area contributed by atoms with Crippen LogP contribution in [0.4, 0.5) is 10.2 Å². The van der Waals surface area contributed by atoms with Gasteiger partial charge in [0.1, 0.15) is 17.3 Å². The number of pyridine rings is 1. The van der Waals surface area contributed by atoms with E-state index in [0.717, 1.165) is 6.20 Å². The Morgan fingerprint density at radius 3 is 2.86 bits per heavy atom. The minimum absolute atomic E-state index is 0.0868. The molecule has 28 heavy (non-hydrogen) atoms. The molecule has 0 atom stereocenters. The molecule has 4 aromatic heterocycles. The topological polar surface area (TPSA) is 135 Å². The molecule has 0 unspecified atom stereocenters. The van der Waals surface area contributed by atoms with Gasteiger partial charge >= 0.3 is 6.01 Å². The van der Waals surface area contributed by atoms with Crippen LogP contribution in [0.3, 0.4) is 0 Å². The van der Waals surface area contributed by atoms with Crippen LogP contribution in [0.25, 0.3) is 22.6 Å². The average Bonchev–Trinajstić information content (AvgIpc) is 3.28. The fourth-order valence-electron chi connectivity index (χ4n) is 2.71. The molecule has 0 saturated heterocycles. The van der Waals surface area contributed by atoms with Crippen molar-refractivity contribution in [3.63, 3.8) is 0 Å². The smallest absolute Gasteiger partial charge is 0.320 e. The number of carbonyl (C=O) groups is 1. The van der Waals surface area contributed by atoms with Crippen molar-refractivity contribution >= 4 is 23.3 Å². The van der Waals surface area contributed by atoms with Crippen LogP contribution in [-0.4, -0.2) is 42.6 Å². The summed E-state index contributed by atoms with van der Waals surface area (Å²) in [5, 5.41) is 3.65. The van der Waals surface area contributed by atoms with Crippen molar-refractivity contribution in [3.05, 3.63) is 41.8 Å². The first-order chi connectivity index (χ1) is 13.6. The summed E-state index contributed by atoms with van der Waals surface area (Å²) in [5.41, 5.74) is 7.25. The number of ether oxygens (including phenoxy) is 1. The second-order valence-corrected chi connectivity index (χ2v) is 5.75. The summed E-state index contributed by atoms with van der Waals surface area (Å²) in [7, 11) is 0. The van der Waals surface area contributed by atoms with E-state index in [1.165, 1.54) is 18.3 Å². The number of anilines is 1. The Bertz CT molecular complexity index is 1170. The van der Waals surface area contributed by atoms with E-state index in [0.29, 0.717) is 41.2 Å². The number of nitrogens with two attached hydrogens (primary N) is 1. The fourth-order valence-corrected chi connectivity index (χ4v) is 2.71. The van der Waals surface area contributed by atoms with Crippen molar-refractivity contribution in [1.29, 1.82) is 0 Å². The molecule has 0 bridgehead atoms. The highest BCUT2D eigenvalue weighted by Crippen LogP contribution is 2.28. The highest BCUT2D eigenvalue weighted by Gasteiger charge is 2.20. The molecule has 0 fully saturated rings. The first-order valence-corrected chi connectivity index (χ1v) is 8.27. The van der Waals surface area contributed by atoms with Gasteiger partial charge in [0.05, 0.1) is 19.3 Å². The summed E-state index contributed by atoms with van der Waals surface area (Å²) in [6.45, 7) is 2.26. The maximum Gasteiger partial charge on any atom is 0.320 e. The van der Waals surface area contributed by atoms with Crippen LogP contribution in [0, 0.1) is 5.82 Å². The fraction of sp³-hybridized carbons (Fsp3) is 0.176. The van der Waals surface area contributed by atoms with Crippen molar-refractivity contribution in [1.82, 2.24) is 29.7 Å². The molecule has 4 rings (SSSR count). The van der Waals surface area contributed by atoms with Crippen molar-refractivity contribution in [2.75, 3.05) is 12.3 Å². The average molecular weight is 383 g/mol. The maximum atomic E-state index is 13.7. The molecule has 0 aromatic carbocycles. The highest BCUT2D eigenvalue weighted by atomic mass is 19.1. The van der Waals surface area contributed by atoms with Crippen LogP contribution in [0.5, 0.6) is 6.01 Å². The number of imidazole rings is 1. The summed E-state index contributed by atoms with van der Waals surface area (Å²) in [6, 6.07) is 2.86. The second kappa shape index (κ2) is 7.02. The summed E-state index contributed by atoms with van der Waals surface area (Å²) in [4.78, 5) is 27.6. The number of fused-ring (bicyclic) bond motifs is 1. The number of nitrogen functional groups attached to an aromatic ring is 1. The Labute approximate surface area is 157 Å². The van der Waals surface area contributed by atoms with Crippen LogP contribution in [-0.2, 0) is 6.54 Å². The van der Waals surface area contributed by atoms with Gasteiger partial charge in [0.15, 0.2) is 29.0 Å². The molecule has 4 heterocycles. The molecule has 0 saturated carbocycles. The number of nitrogens with zero attached hydrogens (tertiary/aromatic N) is 6. The summed E-state index contributed by atoms with van der Waals surface area (Å²) in [6.07, 6.45) is 3.12. The zero-order chi connectivity index (χ0) is 19.7. The Balaban J connectivity index is 1.93. The van der Waals surface area contributed by atoms with Gasteiger partial charge in [-0.3, -0.25) is 9.78 Å². The van der Waals surface area contributed by atoms with E-state index in [2.05, 4.69) is 25.1 Å². The van der Waals surface area contributed by atoms with Crippen LogP contribution < -0.4 is 10.5 Å². The van der Waals surface area contributed by atoms with Crippen molar-refractivity contribution in [3.8, 4) is 17.4 Å². The van der Waals surface area contributed by atoms with Gasteiger partial charge in [0.25, 0.3) is 0 Å². The molecule has 0 aliphatic rings. The molecular weight excluding hydrogens is 369 g/mol. The van der Waals surface area contributed by atoms with E-state index in [1.807, 2.05) is 0 Å². The summed E-state index contributed by atoms with van der Waals surface area (Å²) in [5.74, 6) is 0.319. The minimum Gasteiger partial charge on any atom is -0.464 e. The number of aromatic nitrogens is 6. The molecule has 142 valence electrons. The zero-order valence-electron chi connectivity index (χ0n) is 14.7. The number of halogens is 1. The number of rotatable bonds is 6.